The fraction of sp³-hybridized carbons (Fsp3) is 1.00. The number of ether oxygens (including phenoxy) is 3. The Bertz CT molecular complexity index is 184. The van der Waals surface area contributed by atoms with Gasteiger partial charge in [-0.3, -0.25) is 0 Å². The number of hydrogen-bond donors (Lipinski definition) is 0. The molecule has 3 heteroatoms. The van der Waals surface area contributed by atoms with Crippen LogP contribution in [0.15, 0.2) is 0 Å². The van der Waals surface area contributed by atoms with Crippen LogP contribution in [0.25, 0.3) is 0 Å². The SMILES string of the molecule is CCC1(CCOCC2(CC)COC2)COC1. The van der Waals surface area contributed by atoms with Crippen LogP contribution < -0.4 is 0 Å². The molecule has 0 atom stereocenters. The highest BCUT2D eigenvalue weighted by Gasteiger charge is 2.38. The summed E-state index contributed by atoms with van der Waals surface area (Å²) in [5, 5.41) is 0. The van der Waals surface area contributed by atoms with Gasteiger partial charge in [0.05, 0.1) is 33.0 Å². The molecular weight excluding hydrogens is 204 g/mol. The van der Waals surface area contributed by atoms with E-state index < -0.39 is 0 Å². The molecule has 0 aromatic carbocycles. The summed E-state index contributed by atoms with van der Waals surface area (Å²) in [7, 11) is 0. The van der Waals surface area contributed by atoms with E-state index in [9.17, 15) is 0 Å². The van der Waals surface area contributed by atoms with Crippen molar-refractivity contribution in [3.63, 3.8) is 0 Å². The molecule has 0 saturated carbocycles. The van der Waals surface area contributed by atoms with Crippen molar-refractivity contribution >= 4 is 0 Å². The first-order valence-corrected chi connectivity index (χ1v) is 6.47. The fourth-order valence-corrected chi connectivity index (χ4v) is 2.27. The molecule has 0 aliphatic carbocycles. The van der Waals surface area contributed by atoms with E-state index in [0.29, 0.717) is 10.8 Å². The highest BCUT2D eigenvalue weighted by atomic mass is 16.5. The predicted octanol–water partition coefficient (Wildman–Crippen LogP) is 2.25. The van der Waals surface area contributed by atoms with Crippen LogP contribution in [-0.2, 0) is 14.2 Å². The van der Waals surface area contributed by atoms with Gasteiger partial charge in [0.15, 0.2) is 0 Å². The first-order chi connectivity index (χ1) is 7.74. The lowest BCUT2D eigenvalue weighted by Crippen LogP contribution is -2.46. The van der Waals surface area contributed by atoms with Crippen molar-refractivity contribution < 1.29 is 14.2 Å². The molecule has 94 valence electrons. The lowest BCUT2D eigenvalue weighted by Gasteiger charge is -2.42. The highest BCUT2D eigenvalue weighted by Crippen LogP contribution is 2.35. The Kier molecular flexibility index (Phi) is 3.88. The van der Waals surface area contributed by atoms with Crippen LogP contribution in [0.4, 0.5) is 0 Å². The summed E-state index contributed by atoms with van der Waals surface area (Å²) < 4.78 is 16.4. The average Bonchev–Trinajstić information content (AvgIpc) is 2.19. The summed E-state index contributed by atoms with van der Waals surface area (Å²) in [6, 6.07) is 0. The van der Waals surface area contributed by atoms with Crippen LogP contribution in [0.1, 0.15) is 33.1 Å². The van der Waals surface area contributed by atoms with Crippen LogP contribution >= 0.6 is 0 Å². The zero-order chi connectivity index (χ0) is 11.5. The Labute approximate surface area is 98.4 Å². The predicted molar refractivity (Wildman–Crippen MR) is 62.5 cm³/mol. The lowest BCUT2D eigenvalue weighted by atomic mass is 9.80. The van der Waals surface area contributed by atoms with E-state index >= 15 is 0 Å². The Morgan fingerprint density at radius 3 is 1.88 bits per heavy atom. The first-order valence-electron chi connectivity index (χ1n) is 6.47. The zero-order valence-electron chi connectivity index (χ0n) is 10.6. The molecule has 2 heterocycles. The topological polar surface area (TPSA) is 27.7 Å². The van der Waals surface area contributed by atoms with Crippen LogP contribution in [0.2, 0.25) is 0 Å². The van der Waals surface area contributed by atoms with E-state index in [-0.39, 0.29) is 0 Å². The second kappa shape index (κ2) is 5.03. The first kappa shape index (κ1) is 12.3. The molecule has 3 nitrogen and oxygen atoms in total. The summed E-state index contributed by atoms with van der Waals surface area (Å²) in [6.45, 7) is 9.82. The molecule has 0 aromatic rings. The molecule has 2 aliphatic heterocycles. The van der Waals surface area contributed by atoms with Gasteiger partial charge in [-0.1, -0.05) is 13.8 Å². The third kappa shape index (κ3) is 2.41. The molecule has 0 bridgehead atoms. The summed E-state index contributed by atoms with van der Waals surface area (Å²) in [6.07, 6.45) is 3.51. The van der Waals surface area contributed by atoms with Crippen molar-refractivity contribution in [3.05, 3.63) is 0 Å². The Morgan fingerprint density at radius 2 is 1.50 bits per heavy atom. The maximum atomic E-state index is 5.83. The second-order valence-electron chi connectivity index (χ2n) is 5.50. The molecule has 0 radical (unpaired) electrons. The van der Waals surface area contributed by atoms with Gasteiger partial charge < -0.3 is 14.2 Å². The van der Waals surface area contributed by atoms with Crippen molar-refractivity contribution in [2.24, 2.45) is 10.8 Å². The third-order valence-corrected chi connectivity index (χ3v) is 4.32. The molecule has 16 heavy (non-hydrogen) atoms. The Hall–Kier alpha value is -0.120. The van der Waals surface area contributed by atoms with E-state index in [2.05, 4.69) is 13.8 Å². The molecule has 2 saturated heterocycles. The molecule has 0 aromatic heterocycles. The normalized spacial score (nSPS) is 25.9. The van der Waals surface area contributed by atoms with Crippen molar-refractivity contribution in [1.82, 2.24) is 0 Å². The largest absolute Gasteiger partial charge is 0.381 e. The third-order valence-electron chi connectivity index (χ3n) is 4.32. The van der Waals surface area contributed by atoms with Crippen molar-refractivity contribution in [1.29, 1.82) is 0 Å². The molecule has 2 fully saturated rings. The van der Waals surface area contributed by atoms with Gasteiger partial charge in [-0.2, -0.15) is 0 Å². The summed E-state index contributed by atoms with van der Waals surface area (Å²) in [5.74, 6) is 0. The Morgan fingerprint density at radius 1 is 0.938 bits per heavy atom. The van der Waals surface area contributed by atoms with E-state index in [0.717, 1.165) is 52.5 Å². The molecule has 0 spiro atoms. The van der Waals surface area contributed by atoms with Crippen LogP contribution in [0, 0.1) is 10.8 Å². The van der Waals surface area contributed by atoms with Gasteiger partial charge in [0.2, 0.25) is 0 Å². The summed E-state index contributed by atoms with van der Waals surface area (Å²) >= 11 is 0. The van der Waals surface area contributed by atoms with Crippen molar-refractivity contribution in [2.45, 2.75) is 33.1 Å². The van der Waals surface area contributed by atoms with E-state index in [1.165, 1.54) is 6.42 Å². The van der Waals surface area contributed by atoms with Gasteiger partial charge in [0.1, 0.15) is 0 Å². The average molecular weight is 228 g/mol. The van der Waals surface area contributed by atoms with Gasteiger partial charge in [0, 0.05) is 17.4 Å². The minimum Gasteiger partial charge on any atom is -0.381 e. The molecular formula is C13H24O3. The van der Waals surface area contributed by atoms with Crippen LogP contribution in [0.5, 0.6) is 0 Å². The van der Waals surface area contributed by atoms with Crippen LogP contribution in [0.3, 0.4) is 0 Å². The minimum absolute atomic E-state index is 0.329. The zero-order valence-corrected chi connectivity index (χ0v) is 10.6. The number of hydrogen-bond acceptors (Lipinski definition) is 3. The lowest BCUT2D eigenvalue weighted by molar-refractivity contribution is -0.161. The van der Waals surface area contributed by atoms with Gasteiger partial charge in [0.25, 0.3) is 0 Å². The molecule has 0 N–H and O–H groups in total. The number of rotatable bonds is 7. The standard InChI is InChI=1S/C13H24O3/c1-3-12(7-15-8-12)5-6-14-9-13(4-2)10-16-11-13/h3-11H2,1-2H3. The van der Waals surface area contributed by atoms with E-state index in [1.54, 1.807) is 0 Å². The highest BCUT2D eigenvalue weighted by molar-refractivity contribution is 4.86. The van der Waals surface area contributed by atoms with Crippen molar-refractivity contribution in [2.75, 3.05) is 39.6 Å². The second-order valence-corrected chi connectivity index (χ2v) is 5.50. The summed E-state index contributed by atoms with van der Waals surface area (Å²) in [5.41, 5.74) is 0.755. The van der Waals surface area contributed by atoms with Gasteiger partial charge in [-0.15, -0.1) is 0 Å². The van der Waals surface area contributed by atoms with E-state index in [4.69, 9.17) is 14.2 Å². The quantitative estimate of drug-likeness (QED) is 0.625. The van der Waals surface area contributed by atoms with Crippen molar-refractivity contribution in [3.8, 4) is 0 Å². The summed E-state index contributed by atoms with van der Waals surface area (Å²) in [4.78, 5) is 0. The van der Waals surface area contributed by atoms with Gasteiger partial charge >= 0.3 is 0 Å². The monoisotopic (exact) mass is 228 g/mol. The molecule has 2 aliphatic rings. The van der Waals surface area contributed by atoms with E-state index in [1.807, 2.05) is 0 Å². The molecule has 2 rings (SSSR count). The smallest absolute Gasteiger partial charge is 0.0566 e. The fourth-order valence-electron chi connectivity index (χ4n) is 2.27. The molecule has 0 unspecified atom stereocenters. The van der Waals surface area contributed by atoms with Gasteiger partial charge in [-0.05, 0) is 19.3 Å². The minimum atomic E-state index is 0.329. The van der Waals surface area contributed by atoms with Crippen LogP contribution in [-0.4, -0.2) is 39.6 Å². The maximum Gasteiger partial charge on any atom is 0.0566 e. The maximum absolute atomic E-state index is 5.83. The Balaban J connectivity index is 1.61. The molecule has 0 amide bonds. The van der Waals surface area contributed by atoms with Gasteiger partial charge in [-0.25, -0.2) is 0 Å².